The first-order chi connectivity index (χ1) is 1.91. The third kappa shape index (κ3) is 1.51. The summed E-state index contributed by atoms with van der Waals surface area (Å²) in [6.45, 7) is 0. The maximum atomic E-state index is 4.51. The number of nitrogens with two attached hydrogens (primary N) is 1. The van der Waals surface area contributed by atoms with Crippen molar-refractivity contribution in [1.82, 2.24) is 0 Å². The Labute approximate surface area is 30.0 Å². The summed E-state index contributed by atoms with van der Waals surface area (Å²) in [5, 5.41) is 0. The summed E-state index contributed by atoms with van der Waals surface area (Å²) in [6, 6.07) is 0. The Morgan fingerprint density at radius 2 is 2.25 bits per heavy atom. The minimum atomic E-state index is 1.87. The number of rotatable bonds is 0. The predicted molar refractivity (Wildman–Crippen MR) is 18.8 cm³/mol. The first-order valence-electron chi connectivity index (χ1n) is 0.695. The van der Waals surface area contributed by atoms with Gasteiger partial charge >= 0.3 is 6.19 Å². The molecule has 0 spiro atoms. The molecule has 0 heterocycles. The zero-order valence-electron chi connectivity index (χ0n) is 1.93. The van der Waals surface area contributed by atoms with Crippen molar-refractivity contribution in [3.05, 3.63) is 4.25 Å². The Hall–Kier alpha value is -0.490. The van der Waals surface area contributed by atoms with Crippen molar-refractivity contribution in [3.8, 4) is 6.19 Å². The summed E-state index contributed by atoms with van der Waals surface area (Å²) >= 11 is 3.94. The molecule has 22 valence electrons. The van der Waals surface area contributed by atoms with Gasteiger partial charge < -0.3 is 17.1 Å². The second kappa shape index (κ2) is 2.51. The molecular weight excluding hydrogens is 72.1 g/mol. The van der Waals surface area contributed by atoms with E-state index in [9.17, 15) is 0 Å². The Kier molecular flexibility index (Phi) is 2.20. The van der Waals surface area contributed by atoms with Crippen LogP contribution in [-0.4, -0.2) is 0 Å². The molecule has 0 saturated carbocycles. The fourth-order valence-corrected chi connectivity index (χ4v) is 0. The lowest BCUT2D eigenvalue weighted by Gasteiger charge is -1.53. The van der Waals surface area contributed by atoms with Crippen molar-refractivity contribution in [1.29, 1.82) is 0 Å². The quantitative estimate of drug-likeness (QED) is 0.243. The SMILES string of the molecule is NC#[N+][S-]. The molecule has 2 N–H and O–H groups in total. The molecule has 0 aromatic heterocycles. The number of hydrogen-bond acceptors (Lipinski definition) is 2. The van der Waals surface area contributed by atoms with Crippen molar-refractivity contribution in [2.75, 3.05) is 0 Å². The highest BCUT2D eigenvalue weighted by atomic mass is 32.1. The van der Waals surface area contributed by atoms with E-state index in [2.05, 4.69) is 22.8 Å². The van der Waals surface area contributed by atoms with E-state index in [0.717, 1.165) is 0 Å². The molecule has 2 nitrogen and oxygen atoms in total. The van der Waals surface area contributed by atoms with Crippen molar-refractivity contribution in [2.45, 2.75) is 0 Å². The molecule has 0 fully saturated rings. The molecule has 3 heteroatoms. The maximum absolute atomic E-state index is 4.51. The van der Waals surface area contributed by atoms with Gasteiger partial charge in [0.05, 0.1) is 0 Å². The summed E-state index contributed by atoms with van der Waals surface area (Å²) in [6.07, 6.45) is 1.87. The van der Waals surface area contributed by atoms with E-state index < -0.39 is 0 Å². The van der Waals surface area contributed by atoms with Crippen LogP contribution in [-0.2, 0) is 12.8 Å². The molecule has 0 aliphatic rings. The predicted octanol–water partition coefficient (Wildman–Crippen LogP) is -0.303. The van der Waals surface area contributed by atoms with E-state index in [1.165, 1.54) is 0 Å². The lowest BCUT2D eigenvalue weighted by molar-refractivity contribution is 1.74. The Bertz CT molecular complexity index is 42.8. The number of hydrogen-bond donors (Lipinski definition) is 1. The summed E-state index contributed by atoms with van der Waals surface area (Å²) in [5.41, 5.74) is 4.51. The van der Waals surface area contributed by atoms with Crippen molar-refractivity contribution in [3.63, 3.8) is 0 Å². The molecule has 0 unspecified atom stereocenters. The molecule has 0 aromatic carbocycles. The topological polar surface area (TPSA) is 30.4 Å². The monoisotopic (exact) mass is 74.0 g/mol. The Balaban J connectivity index is 2.83. The van der Waals surface area contributed by atoms with Gasteiger partial charge in [-0.2, -0.15) is 0 Å². The molecule has 4 heavy (non-hydrogen) atoms. The van der Waals surface area contributed by atoms with Crippen LogP contribution in [0.15, 0.2) is 0 Å². The zero-order valence-corrected chi connectivity index (χ0v) is 2.75. The average molecular weight is 74.1 g/mol. The van der Waals surface area contributed by atoms with Crippen molar-refractivity contribution in [2.24, 2.45) is 5.73 Å². The zero-order chi connectivity index (χ0) is 3.41. The minimum absolute atomic E-state index is 1.87. The van der Waals surface area contributed by atoms with E-state index in [-0.39, 0.29) is 0 Å². The fourth-order valence-electron chi connectivity index (χ4n) is 0. The van der Waals surface area contributed by atoms with E-state index in [4.69, 9.17) is 0 Å². The van der Waals surface area contributed by atoms with Crippen molar-refractivity contribution >= 4 is 12.8 Å². The van der Waals surface area contributed by atoms with Crippen LogP contribution in [0.1, 0.15) is 0 Å². The molecule has 0 aliphatic heterocycles. The molecule has 0 saturated heterocycles. The molecule has 0 rings (SSSR count). The molecule has 0 radical (unpaired) electrons. The van der Waals surface area contributed by atoms with E-state index in [1.807, 2.05) is 6.19 Å². The second-order valence-corrected chi connectivity index (χ2v) is 0.403. The van der Waals surface area contributed by atoms with Crippen molar-refractivity contribution < 1.29 is 0 Å². The number of nitrogens with zero attached hydrogens (tertiary/aromatic N) is 1. The lowest BCUT2D eigenvalue weighted by atomic mass is 11.5. The van der Waals surface area contributed by atoms with Crippen LogP contribution >= 0.6 is 0 Å². The van der Waals surface area contributed by atoms with Gasteiger partial charge in [-0.1, -0.05) is 0 Å². The van der Waals surface area contributed by atoms with Gasteiger partial charge in [-0.3, -0.25) is 0 Å². The summed E-state index contributed by atoms with van der Waals surface area (Å²) in [7, 11) is 0. The van der Waals surface area contributed by atoms with E-state index in [0.29, 0.717) is 0 Å². The molecule has 0 aliphatic carbocycles. The smallest absolute Gasteiger partial charge is 0.347 e. The van der Waals surface area contributed by atoms with Crippen LogP contribution in [0.3, 0.4) is 0 Å². The Morgan fingerprint density at radius 3 is 2.25 bits per heavy atom. The van der Waals surface area contributed by atoms with Crippen LogP contribution in [0.2, 0.25) is 0 Å². The highest BCUT2D eigenvalue weighted by Crippen LogP contribution is 1.37. The van der Waals surface area contributed by atoms with Gasteiger partial charge in [0.1, 0.15) is 0 Å². The second-order valence-electron chi connectivity index (χ2n) is 0.220. The van der Waals surface area contributed by atoms with Crippen LogP contribution in [0.4, 0.5) is 0 Å². The van der Waals surface area contributed by atoms with Gasteiger partial charge in [0, 0.05) is 0 Å². The van der Waals surface area contributed by atoms with Crippen LogP contribution in [0, 0.1) is 6.19 Å². The highest BCUT2D eigenvalue weighted by Gasteiger charge is 1.31. The molecular formula is CH2N2S. The van der Waals surface area contributed by atoms with Gasteiger partial charge in [0.2, 0.25) is 0 Å². The summed E-state index contributed by atoms with van der Waals surface area (Å²) in [5.74, 6) is 0. The van der Waals surface area contributed by atoms with Gasteiger partial charge in [0.15, 0.2) is 0 Å². The minimum Gasteiger partial charge on any atom is -0.419 e. The summed E-state index contributed by atoms with van der Waals surface area (Å²) in [4.78, 5) is 0. The normalized spacial score (nSPS) is 3.00. The van der Waals surface area contributed by atoms with Gasteiger partial charge in [-0.05, 0) is 0 Å². The third-order valence-electron chi connectivity index (χ3n) is 0.0527. The third-order valence-corrected chi connectivity index (χ3v) is 0.158. The standard InChI is InChI=1S/CH2N2S/c2-1-3-4/h2H2. The average Bonchev–Trinajstić information content (AvgIpc) is 1.37. The van der Waals surface area contributed by atoms with Gasteiger partial charge in [-0.25, -0.2) is 5.73 Å². The van der Waals surface area contributed by atoms with Crippen LogP contribution < -0.4 is 5.73 Å². The largest absolute Gasteiger partial charge is 0.419 e. The molecule has 0 atom stereocenters. The molecule has 0 aromatic rings. The fraction of sp³-hybridized carbons (Fsp3) is 0. The van der Waals surface area contributed by atoms with Crippen LogP contribution in [0.25, 0.3) is 4.25 Å². The van der Waals surface area contributed by atoms with Gasteiger partial charge in [-0.15, -0.1) is 0 Å². The first kappa shape index (κ1) is 3.51. The maximum Gasteiger partial charge on any atom is 0.347 e. The summed E-state index contributed by atoms with van der Waals surface area (Å²) < 4.78 is 2.85. The van der Waals surface area contributed by atoms with E-state index >= 15 is 0 Å². The molecule has 0 amide bonds. The van der Waals surface area contributed by atoms with Gasteiger partial charge in [0.25, 0.3) is 0 Å². The lowest BCUT2D eigenvalue weighted by Crippen LogP contribution is -1.70. The Morgan fingerprint density at radius 1 is 2.00 bits per heavy atom. The molecule has 0 bridgehead atoms. The van der Waals surface area contributed by atoms with E-state index in [1.54, 1.807) is 0 Å². The highest BCUT2D eigenvalue weighted by molar-refractivity contribution is 7.61. The van der Waals surface area contributed by atoms with Crippen LogP contribution in [0.5, 0.6) is 0 Å². The first-order valence-corrected chi connectivity index (χ1v) is 1.06.